The molecule has 0 spiro atoms. The van der Waals surface area contributed by atoms with Crippen LogP contribution in [0.4, 0.5) is 0 Å². The van der Waals surface area contributed by atoms with E-state index in [0.717, 1.165) is 0 Å². The number of amidine groups is 1. The van der Waals surface area contributed by atoms with E-state index in [1.54, 1.807) is 55.7 Å². The van der Waals surface area contributed by atoms with Crippen LogP contribution in [0.1, 0.15) is 5.56 Å². The van der Waals surface area contributed by atoms with Crippen LogP contribution >= 0.6 is 0 Å². The molecule has 2 aliphatic rings. The Morgan fingerprint density at radius 2 is 2.00 bits per heavy atom. The van der Waals surface area contributed by atoms with Crippen molar-refractivity contribution < 1.29 is 13.9 Å². The second-order valence-electron chi connectivity index (χ2n) is 5.38. The fraction of sp³-hybridized carbons (Fsp3) is 0.111. The standard InChI is InChI=1S/C18H12N2O4/c1-23-11-6-7-15-10(8-11)9-13(18(22)24-15)16-19-14-5-3-2-4-12(14)17(21)20-16/h2-9,12H,1H3. The number of carbonyl (C=O) groups is 1. The number of ether oxygens (including phenoxy) is 1. The molecule has 0 saturated carbocycles. The minimum atomic E-state index is -0.586. The van der Waals surface area contributed by atoms with Crippen LogP contribution in [0.25, 0.3) is 11.0 Å². The van der Waals surface area contributed by atoms with Gasteiger partial charge in [0.15, 0.2) is 5.84 Å². The number of benzene rings is 1. The van der Waals surface area contributed by atoms with Gasteiger partial charge >= 0.3 is 5.63 Å². The summed E-state index contributed by atoms with van der Waals surface area (Å²) in [5.41, 5.74) is 0.561. The van der Waals surface area contributed by atoms with E-state index in [1.165, 1.54) is 0 Å². The van der Waals surface area contributed by atoms with Crippen molar-refractivity contribution in [1.29, 1.82) is 0 Å². The van der Waals surface area contributed by atoms with E-state index in [0.29, 0.717) is 22.4 Å². The highest BCUT2D eigenvalue weighted by Crippen LogP contribution is 2.22. The van der Waals surface area contributed by atoms with Gasteiger partial charge in [0, 0.05) is 5.39 Å². The molecule has 0 N–H and O–H groups in total. The van der Waals surface area contributed by atoms with Gasteiger partial charge in [-0.05, 0) is 30.3 Å². The fourth-order valence-electron chi connectivity index (χ4n) is 2.67. The molecule has 1 unspecified atom stereocenters. The molecule has 1 aromatic heterocycles. The van der Waals surface area contributed by atoms with Gasteiger partial charge in [-0.1, -0.05) is 18.2 Å². The monoisotopic (exact) mass is 320 g/mol. The molecule has 4 rings (SSSR count). The van der Waals surface area contributed by atoms with Crippen LogP contribution in [-0.4, -0.2) is 24.6 Å². The Balaban J connectivity index is 1.87. The van der Waals surface area contributed by atoms with Gasteiger partial charge in [0.2, 0.25) is 0 Å². The van der Waals surface area contributed by atoms with E-state index in [-0.39, 0.29) is 17.3 Å². The Labute approximate surface area is 136 Å². The van der Waals surface area contributed by atoms with Gasteiger partial charge in [-0.15, -0.1) is 0 Å². The molecule has 118 valence electrons. The maximum absolute atomic E-state index is 12.3. The van der Waals surface area contributed by atoms with Crippen LogP contribution in [-0.2, 0) is 4.79 Å². The lowest BCUT2D eigenvalue weighted by atomic mass is 9.96. The smallest absolute Gasteiger partial charge is 0.347 e. The number of fused-ring (bicyclic) bond motifs is 2. The number of amides is 1. The van der Waals surface area contributed by atoms with Crippen molar-refractivity contribution in [1.82, 2.24) is 0 Å². The van der Waals surface area contributed by atoms with E-state index >= 15 is 0 Å². The Bertz CT molecular complexity index is 1040. The third-order valence-electron chi connectivity index (χ3n) is 3.90. The molecule has 24 heavy (non-hydrogen) atoms. The predicted molar refractivity (Wildman–Crippen MR) is 89.8 cm³/mol. The summed E-state index contributed by atoms with van der Waals surface area (Å²) in [5, 5.41) is 0.667. The molecule has 2 heterocycles. The number of aliphatic imine (C=N–C) groups is 2. The molecular formula is C18H12N2O4. The van der Waals surface area contributed by atoms with Crippen LogP contribution < -0.4 is 10.4 Å². The molecule has 1 atom stereocenters. The van der Waals surface area contributed by atoms with E-state index < -0.39 is 11.5 Å². The minimum Gasteiger partial charge on any atom is -0.497 e. The van der Waals surface area contributed by atoms with Gasteiger partial charge in [0.1, 0.15) is 22.8 Å². The summed E-state index contributed by atoms with van der Waals surface area (Å²) in [5.74, 6) is -0.118. The molecule has 0 fully saturated rings. The molecule has 6 heteroatoms. The second kappa shape index (κ2) is 5.42. The van der Waals surface area contributed by atoms with Gasteiger partial charge in [0.25, 0.3) is 5.91 Å². The number of carbonyl (C=O) groups excluding carboxylic acids is 1. The zero-order chi connectivity index (χ0) is 16.7. The first kappa shape index (κ1) is 14.3. The molecule has 0 bridgehead atoms. The summed E-state index contributed by atoms with van der Waals surface area (Å²) < 4.78 is 10.5. The normalized spacial score (nSPS) is 19.0. The summed E-state index contributed by atoms with van der Waals surface area (Å²) in [7, 11) is 1.56. The van der Waals surface area contributed by atoms with Crippen LogP contribution in [0, 0.1) is 5.92 Å². The van der Waals surface area contributed by atoms with Gasteiger partial charge in [-0.3, -0.25) is 4.79 Å². The summed E-state index contributed by atoms with van der Waals surface area (Å²) in [6.07, 6.45) is 7.04. The van der Waals surface area contributed by atoms with Crippen molar-refractivity contribution in [2.45, 2.75) is 0 Å². The van der Waals surface area contributed by atoms with Crippen molar-refractivity contribution in [2.24, 2.45) is 15.9 Å². The maximum atomic E-state index is 12.3. The Morgan fingerprint density at radius 1 is 1.12 bits per heavy atom. The van der Waals surface area contributed by atoms with Crippen LogP contribution in [0.2, 0.25) is 0 Å². The molecule has 1 aliphatic carbocycles. The van der Waals surface area contributed by atoms with Crippen molar-refractivity contribution >= 4 is 28.4 Å². The number of allylic oxidation sites excluding steroid dienone is 3. The van der Waals surface area contributed by atoms with Crippen molar-refractivity contribution in [3.05, 3.63) is 64.6 Å². The number of nitrogens with zero attached hydrogens (tertiary/aromatic N) is 2. The summed E-state index contributed by atoms with van der Waals surface area (Å²) in [6.45, 7) is 0. The third-order valence-corrected chi connectivity index (χ3v) is 3.90. The zero-order valence-corrected chi connectivity index (χ0v) is 12.7. The van der Waals surface area contributed by atoms with Gasteiger partial charge in [-0.2, -0.15) is 4.99 Å². The first-order valence-electron chi connectivity index (χ1n) is 7.34. The van der Waals surface area contributed by atoms with Crippen molar-refractivity contribution in [2.75, 3.05) is 7.11 Å². The first-order valence-corrected chi connectivity index (χ1v) is 7.34. The zero-order valence-electron chi connectivity index (χ0n) is 12.7. The lowest BCUT2D eigenvalue weighted by Gasteiger charge is -2.17. The highest BCUT2D eigenvalue weighted by Gasteiger charge is 2.28. The predicted octanol–water partition coefficient (Wildman–Crippen LogP) is 2.27. The molecule has 2 aromatic rings. The highest BCUT2D eigenvalue weighted by atomic mass is 16.5. The average molecular weight is 320 g/mol. The Morgan fingerprint density at radius 3 is 2.83 bits per heavy atom. The Kier molecular flexibility index (Phi) is 3.23. The Hall–Kier alpha value is -3.28. The van der Waals surface area contributed by atoms with Crippen LogP contribution in [0.15, 0.2) is 67.8 Å². The van der Waals surface area contributed by atoms with Gasteiger partial charge in [0.05, 0.1) is 12.8 Å². The molecule has 1 aromatic carbocycles. The van der Waals surface area contributed by atoms with Crippen LogP contribution in [0.3, 0.4) is 0 Å². The minimum absolute atomic E-state index is 0.0738. The fourth-order valence-corrected chi connectivity index (χ4v) is 2.67. The summed E-state index contributed by atoms with van der Waals surface area (Å²) in [4.78, 5) is 32.8. The van der Waals surface area contributed by atoms with Crippen LogP contribution in [0.5, 0.6) is 5.75 Å². The molecule has 0 saturated heterocycles. The summed E-state index contributed by atoms with van der Waals surface area (Å²) >= 11 is 0. The maximum Gasteiger partial charge on any atom is 0.347 e. The number of rotatable bonds is 2. The third kappa shape index (κ3) is 2.28. The lowest BCUT2D eigenvalue weighted by Crippen LogP contribution is -2.29. The molecule has 1 aliphatic heterocycles. The number of methoxy groups -OCH3 is 1. The number of hydrogen-bond acceptors (Lipinski definition) is 5. The second-order valence-corrected chi connectivity index (χ2v) is 5.38. The molecule has 0 radical (unpaired) electrons. The van der Waals surface area contributed by atoms with Crippen molar-refractivity contribution in [3.8, 4) is 5.75 Å². The SMILES string of the molecule is COc1ccc2oc(=O)c(C3=NC(=O)C4C=CC=CC4=N3)cc2c1. The first-order chi connectivity index (χ1) is 11.7. The summed E-state index contributed by atoms with van der Waals surface area (Å²) in [6, 6.07) is 6.72. The van der Waals surface area contributed by atoms with Gasteiger partial charge in [-0.25, -0.2) is 9.79 Å². The quantitative estimate of drug-likeness (QED) is 0.795. The molecular weight excluding hydrogens is 308 g/mol. The van der Waals surface area contributed by atoms with Gasteiger partial charge < -0.3 is 9.15 Å². The number of hydrogen-bond donors (Lipinski definition) is 0. The topological polar surface area (TPSA) is 81.2 Å². The van der Waals surface area contributed by atoms with Crippen molar-refractivity contribution in [3.63, 3.8) is 0 Å². The molecule has 1 amide bonds. The highest BCUT2D eigenvalue weighted by molar-refractivity contribution is 6.24. The van der Waals surface area contributed by atoms with E-state index in [1.807, 2.05) is 0 Å². The molecule has 6 nitrogen and oxygen atoms in total. The average Bonchev–Trinajstić information content (AvgIpc) is 2.60. The van der Waals surface area contributed by atoms with E-state index in [4.69, 9.17) is 9.15 Å². The van der Waals surface area contributed by atoms with E-state index in [9.17, 15) is 9.59 Å². The largest absolute Gasteiger partial charge is 0.497 e. The van der Waals surface area contributed by atoms with E-state index in [2.05, 4.69) is 9.98 Å². The lowest BCUT2D eigenvalue weighted by molar-refractivity contribution is -0.118.